The molecule has 1 heterocycles. The highest BCUT2D eigenvalue weighted by Crippen LogP contribution is 2.28. The minimum absolute atomic E-state index is 0.180. The second-order valence-electron chi connectivity index (χ2n) is 5.42. The van der Waals surface area contributed by atoms with Gasteiger partial charge < -0.3 is 4.74 Å². The third-order valence-electron chi connectivity index (χ3n) is 3.51. The minimum atomic E-state index is -0.372. The highest BCUT2D eigenvalue weighted by Gasteiger charge is 2.11. The van der Waals surface area contributed by atoms with Crippen LogP contribution in [0.15, 0.2) is 42.5 Å². The van der Waals surface area contributed by atoms with Crippen LogP contribution in [0.5, 0.6) is 5.75 Å². The molecule has 0 radical (unpaired) electrons. The Hall–Kier alpha value is -2.16. The van der Waals surface area contributed by atoms with E-state index in [-0.39, 0.29) is 17.5 Å². The fourth-order valence-electron chi connectivity index (χ4n) is 2.17. The predicted octanol–water partition coefficient (Wildman–Crippen LogP) is 4.88. The normalized spacial score (nSPS) is 10.6. The molecule has 0 aliphatic carbocycles. The number of methoxy groups -OCH3 is 1. The van der Waals surface area contributed by atoms with Crippen molar-refractivity contribution in [3.63, 3.8) is 0 Å². The number of ether oxygens (including phenoxy) is 1. The predicted molar refractivity (Wildman–Crippen MR) is 108 cm³/mol. The second kappa shape index (κ2) is 9.16. The number of anilines is 1. The number of aromatic nitrogens is 2. The van der Waals surface area contributed by atoms with Crippen LogP contribution >= 0.6 is 34.7 Å². The summed E-state index contributed by atoms with van der Waals surface area (Å²) in [5.74, 6) is 0.727. The van der Waals surface area contributed by atoms with E-state index in [1.165, 1.54) is 29.2 Å². The van der Waals surface area contributed by atoms with Crippen molar-refractivity contribution in [1.29, 1.82) is 0 Å². The molecule has 0 aliphatic rings. The first-order valence-corrected chi connectivity index (χ1v) is 10.2. The number of amides is 1. The summed E-state index contributed by atoms with van der Waals surface area (Å²) in [4.78, 5) is 12.0. The van der Waals surface area contributed by atoms with E-state index < -0.39 is 0 Å². The standard InChI is InChI=1S/C18H15ClFN3O2S2/c1-25-14-6-3-11(4-7-14)17-22-23-18(27-17)21-16(24)10-26-9-12-2-5-13(19)8-15(12)20/h2-8H,9-10H2,1H3,(H,21,23,24). The Morgan fingerprint density at radius 1 is 1.26 bits per heavy atom. The first-order chi connectivity index (χ1) is 13.0. The molecule has 3 aromatic rings. The van der Waals surface area contributed by atoms with Gasteiger partial charge in [0.25, 0.3) is 0 Å². The maximum Gasteiger partial charge on any atom is 0.236 e. The number of halogens is 2. The average Bonchev–Trinajstić information content (AvgIpc) is 3.12. The van der Waals surface area contributed by atoms with Crippen molar-refractivity contribution in [1.82, 2.24) is 10.2 Å². The number of hydrogen-bond donors (Lipinski definition) is 1. The molecule has 27 heavy (non-hydrogen) atoms. The largest absolute Gasteiger partial charge is 0.497 e. The number of nitrogens with zero attached hydrogens (tertiary/aromatic N) is 2. The molecule has 9 heteroatoms. The van der Waals surface area contributed by atoms with Crippen molar-refractivity contribution in [2.75, 3.05) is 18.2 Å². The van der Waals surface area contributed by atoms with Gasteiger partial charge in [-0.05, 0) is 42.0 Å². The van der Waals surface area contributed by atoms with E-state index in [9.17, 15) is 9.18 Å². The molecule has 140 valence electrons. The van der Waals surface area contributed by atoms with Crippen molar-refractivity contribution in [3.8, 4) is 16.3 Å². The molecule has 0 unspecified atom stereocenters. The summed E-state index contributed by atoms with van der Waals surface area (Å²) in [5, 5.41) is 12.3. The monoisotopic (exact) mass is 423 g/mol. The number of carbonyl (C=O) groups excluding carboxylic acids is 1. The van der Waals surface area contributed by atoms with Crippen LogP contribution in [0.2, 0.25) is 5.02 Å². The van der Waals surface area contributed by atoms with Crippen LogP contribution in [0.3, 0.4) is 0 Å². The third kappa shape index (κ3) is 5.41. The summed E-state index contributed by atoms with van der Waals surface area (Å²) < 4.78 is 18.8. The molecular formula is C18H15ClFN3O2S2. The van der Waals surface area contributed by atoms with Crippen molar-refractivity contribution in [2.45, 2.75) is 5.75 Å². The Morgan fingerprint density at radius 2 is 2.04 bits per heavy atom. The lowest BCUT2D eigenvalue weighted by Gasteiger charge is -2.04. The van der Waals surface area contributed by atoms with Gasteiger partial charge in [0.2, 0.25) is 11.0 Å². The average molecular weight is 424 g/mol. The van der Waals surface area contributed by atoms with E-state index >= 15 is 0 Å². The Bertz CT molecular complexity index is 935. The summed E-state index contributed by atoms with van der Waals surface area (Å²) >= 11 is 8.32. The Kier molecular flexibility index (Phi) is 6.65. The molecule has 5 nitrogen and oxygen atoms in total. The van der Waals surface area contributed by atoms with Crippen molar-refractivity contribution in [3.05, 3.63) is 58.9 Å². The quantitative estimate of drug-likeness (QED) is 0.586. The number of thioether (sulfide) groups is 1. The highest BCUT2D eigenvalue weighted by atomic mass is 35.5. The number of rotatable bonds is 7. The highest BCUT2D eigenvalue weighted by molar-refractivity contribution is 7.99. The smallest absolute Gasteiger partial charge is 0.236 e. The van der Waals surface area contributed by atoms with Gasteiger partial charge in [-0.1, -0.05) is 29.0 Å². The molecule has 0 saturated heterocycles. The lowest BCUT2D eigenvalue weighted by molar-refractivity contribution is -0.113. The summed E-state index contributed by atoms with van der Waals surface area (Å²) in [7, 11) is 1.60. The number of hydrogen-bond acceptors (Lipinski definition) is 6. The summed E-state index contributed by atoms with van der Waals surface area (Å²) in [5.41, 5.74) is 1.40. The van der Waals surface area contributed by atoms with E-state index in [0.29, 0.717) is 26.5 Å². The van der Waals surface area contributed by atoms with E-state index in [0.717, 1.165) is 11.3 Å². The van der Waals surface area contributed by atoms with Gasteiger partial charge in [-0.25, -0.2) is 4.39 Å². The van der Waals surface area contributed by atoms with E-state index in [4.69, 9.17) is 16.3 Å². The van der Waals surface area contributed by atoms with Gasteiger partial charge in [0.05, 0.1) is 12.9 Å². The lowest BCUT2D eigenvalue weighted by Crippen LogP contribution is -2.14. The zero-order valence-electron chi connectivity index (χ0n) is 14.2. The van der Waals surface area contributed by atoms with Crippen molar-refractivity contribution >= 4 is 45.7 Å². The van der Waals surface area contributed by atoms with Crippen molar-refractivity contribution in [2.24, 2.45) is 0 Å². The molecule has 2 aromatic carbocycles. The van der Waals surface area contributed by atoms with Crippen LogP contribution in [0.4, 0.5) is 9.52 Å². The zero-order valence-corrected chi connectivity index (χ0v) is 16.6. The Morgan fingerprint density at radius 3 is 2.74 bits per heavy atom. The van der Waals surface area contributed by atoms with Crippen LogP contribution in [-0.4, -0.2) is 29.0 Å². The second-order valence-corrected chi connectivity index (χ2v) is 7.82. The van der Waals surface area contributed by atoms with Crippen LogP contribution in [-0.2, 0) is 10.5 Å². The van der Waals surface area contributed by atoms with Gasteiger partial charge in [-0.3, -0.25) is 10.1 Å². The van der Waals surface area contributed by atoms with Gasteiger partial charge >= 0.3 is 0 Å². The van der Waals surface area contributed by atoms with Crippen LogP contribution in [0.1, 0.15) is 5.56 Å². The fourth-order valence-corrected chi connectivity index (χ4v) is 3.91. The SMILES string of the molecule is COc1ccc(-c2nnc(NC(=O)CSCc3ccc(Cl)cc3F)s2)cc1. The number of carbonyl (C=O) groups is 1. The van der Waals surface area contributed by atoms with E-state index in [2.05, 4.69) is 15.5 Å². The number of nitrogens with one attached hydrogen (secondary N) is 1. The summed E-state index contributed by atoms with van der Waals surface area (Å²) in [6, 6.07) is 11.9. The zero-order chi connectivity index (χ0) is 19.2. The van der Waals surface area contributed by atoms with Crippen molar-refractivity contribution < 1.29 is 13.9 Å². The third-order valence-corrected chi connectivity index (χ3v) is 5.62. The van der Waals surface area contributed by atoms with Gasteiger partial charge in [0.1, 0.15) is 16.6 Å². The van der Waals surface area contributed by atoms with Crippen LogP contribution in [0.25, 0.3) is 10.6 Å². The molecule has 0 bridgehead atoms. The molecule has 0 saturated carbocycles. The van der Waals surface area contributed by atoms with Gasteiger partial charge in [-0.15, -0.1) is 22.0 Å². The molecule has 1 amide bonds. The molecule has 0 fully saturated rings. The minimum Gasteiger partial charge on any atom is -0.497 e. The maximum atomic E-state index is 13.7. The summed E-state index contributed by atoms with van der Waals surface area (Å²) in [6.07, 6.45) is 0. The Balaban J connectivity index is 1.51. The fraction of sp³-hybridized carbons (Fsp3) is 0.167. The molecule has 1 N–H and O–H groups in total. The molecule has 3 rings (SSSR count). The first-order valence-electron chi connectivity index (χ1n) is 7.84. The number of benzene rings is 2. The molecule has 0 atom stereocenters. The Labute approximate surface area is 168 Å². The van der Waals surface area contributed by atoms with Gasteiger partial charge in [-0.2, -0.15) is 0 Å². The molecule has 1 aromatic heterocycles. The maximum absolute atomic E-state index is 13.7. The van der Waals surface area contributed by atoms with Gasteiger partial charge in [0, 0.05) is 16.3 Å². The topological polar surface area (TPSA) is 64.1 Å². The lowest BCUT2D eigenvalue weighted by atomic mass is 10.2. The molecule has 0 aliphatic heterocycles. The molecular weight excluding hydrogens is 409 g/mol. The van der Waals surface area contributed by atoms with Crippen LogP contribution in [0, 0.1) is 5.82 Å². The van der Waals surface area contributed by atoms with E-state index in [1.807, 2.05) is 24.3 Å². The van der Waals surface area contributed by atoms with Crippen LogP contribution < -0.4 is 10.1 Å². The van der Waals surface area contributed by atoms with Gasteiger partial charge in [0.15, 0.2) is 0 Å². The molecule has 0 spiro atoms. The van der Waals surface area contributed by atoms with E-state index in [1.54, 1.807) is 19.2 Å². The summed E-state index contributed by atoms with van der Waals surface area (Å²) in [6.45, 7) is 0. The first kappa shape index (κ1) is 19.6.